The molecule has 0 saturated heterocycles. The van der Waals surface area contributed by atoms with Gasteiger partial charge in [-0.05, 0) is 25.3 Å². The summed E-state index contributed by atoms with van der Waals surface area (Å²) in [5.41, 5.74) is 1.65. The van der Waals surface area contributed by atoms with E-state index in [0.29, 0.717) is 0 Å². The molecule has 0 aliphatic heterocycles. The van der Waals surface area contributed by atoms with Gasteiger partial charge in [0.05, 0.1) is 6.07 Å². The van der Waals surface area contributed by atoms with Crippen molar-refractivity contribution in [3.05, 3.63) is 11.1 Å². The van der Waals surface area contributed by atoms with Gasteiger partial charge in [0.15, 0.2) is 0 Å². The summed E-state index contributed by atoms with van der Waals surface area (Å²) in [6.07, 6.45) is 8.10. The minimum absolute atomic E-state index is 0.244. The van der Waals surface area contributed by atoms with E-state index < -0.39 is 0 Å². The van der Waals surface area contributed by atoms with Gasteiger partial charge >= 0.3 is 5.97 Å². The first kappa shape index (κ1) is 16.7. The zero-order chi connectivity index (χ0) is 13.8. The Balaban J connectivity index is 3.91. The molecule has 18 heavy (non-hydrogen) atoms. The van der Waals surface area contributed by atoms with Crippen LogP contribution in [0.15, 0.2) is 11.1 Å². The summed E-state index contributed by atoms with van der Waals surface area (Å²) in [6.45, 7) is 5.69. The molecule has 0 N–H and O–H groups in total. The molecule has 102 valence electrons. The predicted octanol–water partition coefficient (Wildman–Crippen LogP) is 4.14. The maximum Gasteiger partial charge on any atom is 0.302 e. The van der Waals surface area contributed by atoms with Gasteiger partial charge in [0.1, 0.15) is 6.61 Å². The van der Waals surface area contributed by atoms with Crippen LogP contribution in [0.4, 0.5) is 0 Å². The van der Waals surface area contributed by atoms with Crippen molar-refractivity contribution in [3.8, 4) is 6.07 Å². The van der Waals surface area contributed by atoms with Crippen LogP contribution in [0.25, 0.3) is 0 Å². The van der Waals surface area contributed by atoms with Crippen LogP contribution in [-0.4, -0.2) is 12.6 Å². The van der Waals surface area contributed by atoms with E-state index in [2.05, 4.69) is 13.0 Å². The van der Waals surface area contributed by atoms with Gasteiger partial charge in [-0.3, -0.25) is 4.79 Å². The lowest BCUT2D eigenvalue weighted by Crippen LogP contribution is -2.03. The largest absolute Gasteiger partial charge is 0.461 e. The van der Waals surface area contributed by atoms with Crippen molar-refractivity contribution in [1.82, 2.24) is 0 Å². The van der Waals surface area contributed by atoms with Gasteiger partial charge in [-0.25, -0.2) is 0 Å². The highest BCUT2D eigenvalue weighted by molar-refractivity contribution is 5.66. The van der Waals surface area contributed by atoms with Crippen molar-refractivity contribution < 1.29 is 9.53 Å². The zero-order valence-electron chi connectivity index (χ0n) is 11.9. The lowest BCUT2D eigenvalue weighted by atomic mass is 10.0. The van der Waals surface area contributed by atoms with Crippen molar-refractivity contribution in [2.75, 3.05) is 6.61 Å². The molecule has 0 rings (SSSR count). The number of allylic oxidation sites excluding steroid dienone is 1. The maximum atomic E-state index is 10.7. The molecule has 0 atom stereocenters. The Kier molecular flexibility index (Phi) is 10.0. The lowest BCUT2D eigenvalue weighted by Gasteiger charge is -2.06. The summed E-state index contributed by atoms with van der Waals surface area (Å²) >= 11 is 0. The van der Waals surface area contributed by atoms with Crippen molar-refractivity contribution in [3.63, 3.8) is 0 Å². The molecular weight excluding hydrogens is 226 g/mol. The van der Waals surface area contributed by atoms with Gasteiger partial charge in [0.2, 0.25) is 0 Å². The Morgan fingerprint density at radius 1 is 1.11 bits per heavy atom. The first-order valence-electron chi connectivity index (χ1n) is 6.83. The first-order chi connectivity index (χ1) is 8.61. The molecule has 0 fully saturated rings. The third-order valence-electron chi connectivity index (χ3n) is 2.92. The van der Waals surface area contributed by atoms with Crippen LogP contribution in [-0.2, 0) is 9.53 Å². The summed E-state index contributed by atoms with van der Waals surface area (Å²) in [7, 11) is 0. The van der Waals surface area contributed by atoms with Gasteiger partial charge in [-0.15, -0.1) is 0 Å². The number of nitrogens with zero attached hydrogens (tertiary/aromatic N) is 1. The van der Waals surface area contributed by atoms with Crippen LogP contribution in [0.3, 0.4) is 0 Å². The number of unbranched alkanes of at least 4 members (excludes halogenated alkanes) is 5. The molecule has 3 nitrogen and oxygen atoms in total. The molecule has 3 heteroatoms. The number of hydrogen-bond acceptors (Lipinski definition) is 3. The third kappa shape index (κ3) is 8.81. The summed E-state index contributed by atoms with van der Waals surface area (Å²) in [6, 6.07) is 2.22. The van der Waals surface area contributed by atoms with Crippen LogP contribution < -0.4 is 0 Å². The molecule has 0 radical (unpaired) electrons. The number of nitriles is 1. The molecule has 0 aliphatic carbocycles. The quantitative estimate of drug-likeness (QED) is 0.351. The van der Waals surface area contributed by atoms with Crippen LogP contribution in [0.5, 0.6) is 0 Å². The van der Waals surface area contributed by atoms with E-state index in [0.717, 1.165) is 24.0 Å². The Hall–Kier alpha value is -1.30. The van der Waals surface area contributed by atoms with Crippen molar-refractivity contribution in [2.45, 2.75) is 65.7 Å². The van der Waals surface area contributed by atoms with E-state index in [1.165, 1.54) is 39.0 Å². The van der Waals surface area contributed by atoms with Crippen LogP contribution >= 0.6 is 0 Å². The summed E-state index contributed by atoms with van der Waals surface area (Å²) in [5, 5.41) is 9.05. The normalized spacial score (nSPS) is 11.7. The van der Waals surface area contributed by atoms with Crippen molar-refractivity contribution in [1.29, 1.82) is 5.26 Å². The van der Waals surface area contributed by atoms with Gasteiger partial charge < -0.3 is 4.74 Å². The zero-order valence-corrected chi connectivity index (χ0v) is 11.9. The molecule has 0 unspecified atom stereocenters. The summed E-state index contributed by atoms with van der Waals surface area (Å²) in [5.74, 6) is -0.300. The molecule has 0 aromatic heterocycles. The van der Waals surface area contributed by atoms with E-state index in [1.807, 2.05) is 6.92 Å². The average Bonchev–Trinajstić information content (AvgIpc) is 2.35. The molecule has 0 aromatic rings. The van der Waals surface area contributed by atoms with Crippen LogP contribution in [0.2, 0.25) is 0 Å². The second-order valence-electron chi connectivity index (χ2n) is 4.67. The Morgan fingerprint density at radius 3 is 2.28 bits per heavy atom. The lowest BCUT2D eigenvalue weighted by molar-refractivity contribution is -0.139. The Bertz CT molecular complexity index is 313. The minimum atomic E-state index is -0.300. The topological polar surface area (TPSA) is 50.1 Å². The molecule has 0 aliphatic rings. The standard InChI is InChI=1S/C15H25NO2/c1-4-5-6-7-8-9-10-15(11-16)13(2)12-18-14(3)17/h4-10,12H2,1-3H3/b15-13-. The van der Waals surface area contributed by atoms with E-state index in [4.69, 9.17) is 10.00 Å². The second-order valence-corrected chi connectivity index (χ2v) is 4.67. The monoisotopic (exact) mass is 251 g/mol. The highest BCUT2D eigenvalue weighted by Crippen LogP contribution is 2.14. The number of carbonyl (C=O) groups excluding carboxylic acids is 1. The van der Waals surface area contributed by atoms with Crippen molar-refractivity contribution in [2.24, 2.45) is 0 Å². The number of hydrogen-bond donors (Lipinski definition) is 0. The molecule has 0 heterocycles. The number of ether oxygens (including phenoxy) is 1. The highest BCUT2D eigenvalue weighted by Gasteiger charge is 2.04. The number of carbonyl (C=O) groups is 1. The minimum Gasteiger partial charge on any atom is -0.461 e. The fourth-order valence-electron chi connectivity index (χ4n) is 1.74. The predicted molar refractivity (Wildman–Crippen MR) is 72.9 cm³/mol. The van der Waals surface area contributed by atoms with Gasteiger partial charge in [0.25, 0.3) is 0 Å². The van der Waals surface area contributed by atoms with E-state index in [1.54, 1.807) is 0 Å². The summed E-state index contributed by atoms with van der Waals surface area (Å²) in [4.78, 5) is 10.7. The Morgan fingerprint density at radius 2 is 1.72 bits per heavy atom. The molecule has 0 aromatic carbocycles. The highest BCUT2D eigenvalue weighted by atomic mass is 16.5. The molecule has 0 saturated carbocycles. The smallest absolute Gasteiger partial charge is 0.302 e. The van der Waals surface area contributed by atoms with E-state index >= 15 is 0 Å². The number of esters is 1. The van der Waals surface area contributed by atoms with E-state index in [9.17, 15) is 4.79 Å². The summed E-state index contributed by atoms with van der Waals surface area (Å²) < 4.78 is 4.90. The van der Waals surface area contributed by atoms with Crippen LogP contribution in [0.1, 0.15) is 65.7 Å². The molecule has 0 amide bonds. The van der Waals surface area contributed by atoms with E-state index in [-0.39, 0.29) is 12.6 Å². The average molecular weight is 251 g/mol. The van der Waals surface area contributed by atoms with Crippen LogP contribution in [0, 0.1) is 11.3 Å². The van der Waals surface area contributed by atoms with Gasteiger partial charge in [-0.1, -0.05) is 39.0 Å². The third-order valence-corrected chi connectivity index (χ3v) is 2.92. The second kappa shape index (κ2) is 10.8. The fourth-order valence-corrected chi connectivity index (χ4v) is 1.74. The molecule has 0 spiro atoms. The fraction of sp³-hybridized carbons (Fsp3) is 0.733. The SMILES string of the molecule is CCCCCCCC/C(C#N)=C(\C)COC(C)=O. The first-order valence-corrected chi connectivity index (χ1v) is 6.83. The Labute approximate surface area is 111 Å². The van der Waals surface area contributed by atoms with Gasteiger partial charge in [-0.2, -0.15) is 5.26 Å². The van der Waals surface area contributed by atoms with Gasteiger partial charge in [0, 0.05) is 12.5 Å². The maximum absolute atomic E-state index is 10.7. The molecular formula is C15H25NO2. The number of rotatable bonds is 9. The van der Waals surface area contributed by atoms with Crippen molar-refractivity contribution >= 4 is 5.97 Å². The molecule has 0 bridgehead atoms.